The Balaban J connectivity index is 2.86. The van der Waals surface area contributed by atoms with Crippen LogP contribution in [-0.2, 0) is 0 Å². The number of aromatic nitrogens is 2. The Labute approximate surface area is 89.0 Å². The largest absolute Gasteiger partial charge is 0.477 e. The van der Waals surface area contributed by atoms with E-state index in [1.54, 1.807) is 0 Å². The lowest BCUT2D eigenvalue weighted by atomic mass is 10.1. The fourth-order valence-corrected chi connectivity index (χ4v) is 1.12. The molecule has 0 saturated heterocycles. The predicted octanol–water partition coefficient (Wildman–Crippen LogP) is -0.188. The van der Waals surface area contributed by atoms with Gasteiger partial charge in [-0.3, -0.25) is 5.10 Å². The number of aromatic carboxylic acids is 1. The van der Waals surface area contributed by atoms with Gasteiger partial charge in [-0.2, -0.15) is 5.10 Å². The first kappa shape index (κ1) is 12.0. The number of hydrogen-bond acceptors (Lipinski definition) is 5. The van der Waals surface area contributed by atoms with Crippen LogP contribution in [0, 0.1) is 0 Å². The maximum absolute atomic E-state index is 10.7. The zero-order chi connectivity index (χ0) is 12.1. The number of carbonyl (C=O) groups is 1. The molecule has 0 aromatic carbocycles. The lowest BCUT2D eigenvalue weighted by Crippen LogP contribution is -2.22. The predicted molar refractivity (Wildman–Crippen MR) is 50.5 cm³/mol. The van der Waals surface area contributed by atoms with E-state index in [1.807, 2.05) is 0 Å². The number of aromatic amines is 1. The van der Waals surface area contributed by atoms with Crippen LogP contribution in [0.1, 0.15) is 22.2 Å². The topological polar surface area (TPSA) is 155 Å². The fourth-order valence-electron chi connectivity index (χ4n) is 1.12. The minimum absolute atomic E-state index is 0.0619. The van der Waals surface area contributed by atoms with Crippen LogP contribution in [0.3, 0.4) is 0 Å². The van der Waals surface area contributed by atoms with Crippen molar-refractivity contribution in [3.63, 3.8) is 0 Å². The number of carboxylic acids is 1. The summed E-state index contributed by atoms with van der Waals surface area (Å²) < 4.78 is 0. The molecule has 0 aliphatic carbocycles. The minimum atomic E-state index is -1.48. The van der Waals surface area contributed by atoms with Gasteiger partial charge in [-0.15, -0.1) is 0 Å². The number of nitrogens with one attached hydrogen (secondary N) is 1. The van der Waals surface area contributed by atoms with Gasteiger partial charge in [-0.05, 0) is 5.53 Å². The maximum atomic E-state index is 10.7. The van der Waals surface area contributed by atoms with Crippen LogP contribution in [0.2, 0.25) is 0 Å². The molecule has 86 valence electrons. The van der Waals surface area contributed by atoms with Crippen LogP contribution in [0.5, 0.6) is 0 Å². The Morgan fingerprint density at radius 1 is 1.69 bits per heavy atom. The number of carboxylic acid groups (broad SMARTS) is 1. The Morgan fingerprint density at radius 3 is 2.94 bits per heavy atom. The van der Waals surface area contributed by atoms with Gasteiger partial charge < -0.3 is 15.3 Å². The highest BCUT2D eigenvalue weighted by molar-refractivity contribution is 5.87. The third-order valence-corrected chi connectivity index (χ3v) is 1.90. The first-order valence-corrected chi connectivity index (χ1v) is 4.21. The van der Waals surface area contributed by atoms with E-state index in [2.05, 4.69) is 20.2 Å². The number of azide groups is 1. The Bertz CT molecular complexity index is 424. The van der Waals surface area contributed by atoms with Gasteiger partial charge in [0.15, 0.2) is 0 Å². The van der Waals surface area contributed by atoms with Gasteiger partial charge in [0.05, 0.1) is 18.8 Å². The molecule has 0 aliphatic rings. The van der Waals surface area contributed by atoms with Crippen LogP contribution in [0.4, 0.5) is 0 Å². The number of nitrogens with zero attached hydrogens (tertiary/aromatic N) is 4. The number of aliphatic hydroxyl groups excluding tert-OH is 2. The molecule has 0 saturated carbocycles. The summed E-state index contributed by atoms with van der Waals surface area (Å²) in [7, 11) is 0. The van der Waals surface area contributed by atoms with Crippen molar-refractivity contribution in [1.29, 1.82) is 0 Å². The molecule has 1 heterocycles. The monoisotopic (exact) mass is 227 g/mol. The van der Waals surface area contributed by atoms with Crippen LogP contribution in [-0.4, -0.2) is 44.1 Å². The van der Waals surface area contributed by atoms with E-state index in [4.69, 9.17) is 10.6 Å². The van der Waals surface area contributed by atoms with Crippen LogP contribution < -0.4 is 0 Å². The third kappa shape index (κ3) is 2.48. The molecule has 1 aromatic rings. The van der Waals surface area contributed by atoms with Crippen molar-refractivity contribution in [2.45, 2.75) is 12.2 Å². The average Bonchev–Trinajstić information content (AvgIpc) is 2.73. The van der Waals surface area contributed by atoms with Gasteiger partial charge >= 0.3 is 5.97 Å². The molecular weight excluding hydrogens is 218 g/mol. The number of rotatable bonds is 5. The van der Waals surface area contributed by atoms with Gasteiger partial charge in [-0.1, -0.05) is 5.11 Å². The van der Waals surface area contributed by atoms with E-state index in [1.165, 1.54) is 0 Å². The van der Waals surface area contributed by atoms with E-state index in [9.17, 15) is 15.0 Å². The summed E-state index contributed by atoms with van der Waals surface area (Å²) in [6, 6.07) is 0. The number of hydrogen-bond donors (Lipinski definition) is 4. The van der Waals surface area contributed by atoms with Gasteiger partial charge in [0.1, 0.15) is 11.8 Å². The van der Waals surface area contributed by atoms with Crippen LogP contribution in [0.25, 0.3) is 10.4 Å². The highest BCUT2D eigenvalue weighted by Crippen LogP contribution is 2.19. The minimum Gasteiger partial charge on any atom is -0.477 e. The summed E-state index contributed by atoms with van der Waals surface area (Å²) >= 11 is 0. The molecule has 0 amide bonds. The standard InChI is InChI=1S/C7H9N5O4/c8-12-10-2-4(13)6(14)3-1-9-11-5(3)7(15)16/h1,4,6,13-14H,2H2,(H,9,11)(H,15,16). The second kappa shape index (κ2) is 5.12. The highest BCUT2D eigenvalue weighted by atomic mass is 16.4. The molecule has 2 atom stereocenters. The van der Waals surface area contributed by atoms with E-state index >= 15 is 0 Å². The first-order valence-electron chi connectivity index (χ1n) is 4.21. The lowest BCUT2D eigenvalue weighted by Gasteiger charge is -2.14. The van der Waals surface area contributed by atoms with Crippen molar-refractivity contribution in [3.05, 3.63) is 27.9 Å². The van der Waals surface area contributed by atoms with Gasteiger partial charge in [0.25, 0.3) is 0 Å². The quantitative estimate of drug-likeness (QED) is 0.311. The first-order chi connectivity index (χ1) is 7.57. The number of aliphatic hydroxyl groups is 2. The van der Waals surface area contributed by atoms with E-state index in [0.717, 1.165) is 6.20 Å². The van der Waals surface area contributed by atoms with Crippen molar-refractivity contribution in [3.8, 4) is 0 Å². The molecule has 9 heteroatoms. The zero-order valence-corrected chi connectivity index (χ0v) is 7.98. The second-order valence-electron chi connectivity index (χ2n) is 2.93. The molecule has 0 spiro atoms. The molecule has 2 unspecified atom stereocenters. The smallest absolute Gasteiger partial charge is 0.354 e. The summed E-state index contributed by atoms with van der Waals surface area (Å²) in [5.74, 6) is -1.30. The van der Waals surface area contributed by atoms with Crippen molar-refractivity contribution in [2.24, 2.45) is 5.11 Å². The zero-order valence-electron chi connectivity index (χ0n) is 7.98. The summed E-state index contributed by atoms with van der Waals surface area (Å²) in [6.07, 6.45) is -1.77. The van der Waals surface area contributed by atoms with Gasteiger partial charge in [-0.25, -0.2) is 4.79 Å². The Hall–Kier alpha value is -2.09. The Morgan fingerprint density at radius 2 is 2.38 bits per heavy atom. The molecule has 1 aromatic heterocycles. The van der Waals surface area contributed by atoms with Gasteiger partial charge in [0, 0.05) is 10.5 Å². The maximum Gasteiger partial charge on any atom is 0.354 e. The summed E-state index contributed by atoms with van der Waals surface area (Å²) in [5, 5.41) is 36.4. The van der Waals surface area contributed by atoms with E-state index < -0.39 is 18.2 Å². The summed E-state index contributed by atoms with van der Waals surface area (Å²) in [4.78, 5) is 13.1. The van der Waals surface area contributed by atoms with E-state index in [-0.39, 0.29) is 17.8 Å². The normalized spacial score (nSPS) is 13.9. The van der Waals surface area contributed by atoms with Crippen LogP contribution in [0.15, 0.2) is 11.3 Å². The Kier molecular flexibility index (Phi) is 3.84. The molecule has 4 N–H and O–H groups in total. The number of H-pyrrole nitrogens is 1. The summed E-state index contributed by atoms with van der Waals surface area (Å²) in [5.41, 5.74) is 7.65. The molecule has 16 heavy (non-hydrogen) atoms. The van der Waals surface area contributed by atoms with E-state index in [0.29, 0.717) is 0 Å². The highest BCUT2D eigenvalue weighted by Gasteiger charge is 2.24. The fraction of sp³-hybridized carbons (Fsp3) is 0.429. The third-order valence-electron chi connectivity index (χ3n) is 1.90. The molecule has 0 fully saturated rings. The molecule has 0 radical (unpaired) electrons. The molecular formula is C7H9N5O4. The van der Waals surface area contributed by atoms with Crippen molar-refractivity contribution >= 4 is 5.97 Å². The van der Waals surface area contributed by atoms with Crippen molar-refractivity contribution < 1.29 is 20.1 Å². The lowest BCUT2D eigenvalue weighted by molar-refractivity contribution is 0.0232. The van der Waals surface area contributed by atoms with Gasteiger partial charge in [0.2, 0.25) is 0 Å². The molecule has 0 bridgehead atoms. The SMILES string of the molecule is [N-]=[N+]=NCC(O)C(O)c1cn[nH]c1C(=O)O. The molecule has 9 nitrogen and oxygen atoms in total. The molecule has 0 aliphatic heterocycles. The van der Waals surface area contributed by atoms with Crippen molar-refractivity contribution in [1.82, 2.24) is 10.2 Å². The molecule has 1 rings (SSSR count). The van der Waals surface area contributed by atoms with Crippen LogP contribution >= 0.6 is 0 Å². The average molecular weight is 227 g/mol. The van der Waals surface area contributed by atoms with Crippen molar-refractivity contribution in [2.75, 3.05) is 6.54 Å². The second-order valence-corrected chi connectivity index (χ2v) is 2.93. The summed E-state index contributed by atoms with van der Waals surface area (Å²) in [6.45, 7) is -0.359.